The molecule has 2 aromatic rings. The number of benzene rings is 1. The number of rotatable bonds is 7. The fraction of sp³-hybridized carbons (Fsp3) is 0.235. The summed E-state index contributed by atoms with van der Waals surface area (Å²) in [5.74, 6) is -2.16. The predicted octanol–water partition coefficient (Wildman–Crippen LogP) is 1.78. The monoisotopic (exact) mass is 363 g/mol. The number of aromatic nitrogens is 2. The van der Waals surface area contributed by atoms with E-state index in [9.17, 15) is 14.0 Å². The first kappa shape index (κ1) is 19.0. The molecule has 1 aromatic heterocycles. The molecule has 9 heteroatoms. The van der Waals surface area contributed by atoms with Gasteiger partial charge in [0, 0.05) is 25.0 Å². The molecule has 0 aliphatic carbocycles. The van der Waals surface area contributed by atoms with E-state index in [1.807, 2.05) is 0 Å². The van der Waals surface area contributed by atoms with Crippen molar-refractivity contribution in [3.05, 3.63) is 53.7 Å². The molecule has 2 rings (SSSR count). The van der Waals surface area contributed by atoms with Crippen LogP contribution in [0.3, 0.4) is 0 Å². The zero-order chi connectivity index (χ0) is 19.1. The Morgan fingerprint density at radius 3 is 2.62 bits per heavy atom. The Hall–Kier alpha value is -3.36. The van der Waals surface area contributed by atoms with Gasteiger partial charge in [-0.25, -0.2) is 14.0 Å². The number of ether oxygens (including phenoxy) is 3. The molecule has 1 aromatic carbocycles. The van der Waals surface area contributed by atoms with Crippen LogP contribution in [-0.4, -0.2) is 35.9 Å². The van der Waals surface area contributed by atoms with E-state index in [0.717, 1.165) is 24.9 Å². The molecule has 0 amide bonds. The highest BCUT2D eigenvalue weighted by atomic mass is 19.1. The van der Waals surface area contributed by atoms with Crippen LogP contribution in [0.2, 0.25) is 0 Å². The Bertz CT molecular complexity index is 832. The van der Waals surface area contributed by atoms with Crippen LogP contribution in [0.1, 0.15) is 5.69 Å². The largest absolute Gasteiger partial charge is 0.484 e. The van der Waals surface area contributed by atoms with Crippen LogP contribution < -0.4 is 10.1 Å². The lowest BCUT2D eigenvalue weighted by atomic mass is 10.2. The van der Waals surface area contributed by atoms with E-state index in [1.54, 1.807) is 24.0 Å². The first-order chi connectivity index (χ1) is 12.4. The number of nitrogens with one attached hydrogen (secondary N) is 1. The molecule has 0 saturated heterocycles. The minimum absolute atomic E-state index is 0.0355. The summed E-state index contributed by atoms with van der Waals surface area (Å²) in [5.41, 5.74) is 0.818. The predicted molar refractivity (Wildman–Crippen MR) is 89.7 cm³/mol. The molecule has 0 spiro atoms. The Balaban J connectivity index is 2.12. The summed E-state index contributed by atoms with van der Waals surface area (Å²) in [7, 11) is 4.08. The van der Waals surface area contributed by atoms with Crippen molar-refractivity contribution in [2.75, 3.05) is 19.5 Å². The smallest absolute Gasteiger partial charge is 0.354 e. The van der Waals surface area contributed by atoms with Crippen molar-refractivity contribution in [3.63, 3.8) is 0 Å². The van der Waals surface area contributed by atoms with Gasteiger partial charge in [-0.2, -0.15) is 5.10 Å². The van der Waals surface area contributed by atoms with Crippen LogP contribution in [0.4, 0.5) is 10.1 Å². The van der Waals surface area contributed by atoms with Gasteiger partial charge in [0.25, 0.3) is 0 Å². The van der Waals surface area contributed by atoms with Crippen LogP contribution in [0, 0.1) is 5.82 Å². The van der Waals surface area contributed by atoms with Gasteiger partial charge in [0.15, 0.2) is 11.6 Å². The molecule has 0 radical (unpaired) electrons. The van der Waals surface area contributed by atoms with Gasteiger partial charge >= 0.3 is 11.9 Å². The normalized spacial score (nSPS) is 11.0. The fourth-order valence-corrected chi connectivity index (χ4v) is 1.98. The SMILES string of the molecule is COC(=O)/C=C(/Nc1ccc(OCc2ccnn2C)c(F)c1)C(=O)OC. The second-order valence-electron chi connectivity index (χ2n) is 5.08. The third-order valence-corrected chi connectivity index (χ3v) is 3.38. The second kappa shape index (κ2) is 8.65. The van der Waals surface area contributed by atoms with E-state index < -0.39 is 17.8 Å². The van der Waals surface area contributed by atoms with Gasteiger partial charge in [-0.3, -0.25) is 4.68 Å². The van der Waals surface area contributed by atoms with Gasteiger partial charge in [0.2, 0.25) is 0 Å². The van der Waals surface area contributed by atoms with Crippen molar-refractivity contribution in [2.24, 2.45) is 7.05 Å². The number of carbonyl (C=O) groups excluding carboxylic acids is 2. The van der Waals surface area contributed by atoms with Gasteiger partial charge in [-0.15, -0.1) is 0 Å². The summed E-state index contributed by atoms with van der Waals surface area (Å²) < 4.78 is 30.3. The number of esters is 2. The van der Waals surface area contributed by atoms with Gasteiger partial charge in [0.05, 0.1) is 26.0 Å². The number of nitrogens with zero attached hydrogens (tertiary/aromatic N) is 2. The summed E-state index contributed by atoms with van der Waals surface area (Å²) in [6, 6.07) is 5.79. The van der Waals surface area contributed by atoms with Crippen LogP contribution in [-0.2, 0) is 32.7 Å². The maximum Gasteiger partial charge on any atom is 0.354 e. The summed E-state index contributed by atoms with van der Waals surface area (Å²) in [6.45, 7) is 0.149. The van der Waals surface area contributed by atoms with Gasteiger partial charge in [-0.05, 0) is 18.2 Å². The number of halogens is 1. The number of methoxy groups -OCH3 is 2. The molecule has 0 fully saturated rings. The maximum atomic E-state index is 14.2. The first-order valence-electron chi connectivity index (χ1n) is 7.48. The zero-order valence-electron chi connectivity index (χ0n) is 14.5. The van der Waals surface area contributed by atoms with Crippen LogP contribution in [0.15, 0.2) is 42.2 Å². The summed E-state index contributed by atoms with van der Waals surface area (Å²) in [6.07, 6.45) is 2.53. The average molecular weight is 363 g/mol. The molecule has 0 aliphatic rings. The molecule has 138 valence electrons. The lowest BCUT2D eigenvalue weighted by Crippen LogP contribution is -2.15. The first-order valence-corrected chi connectivity index (χ1v) is 7.48. The van der Waals surface area contributed by atoms with E-state index in [-0.39, 0.29) is 23.7 Å². The lowest BCUT2D eigenvalue weighted by Gasteiger charge is -2.11. The third kappa shape index (κ3) is 4.82. The Kier molecular flexibility index (Phi) is 6.31. The molecule has 0 bridgehead atoms. The number of carbonyl (C=O) groups is 2. The lowest BCUT2D eigenvalue weighted by molar-refractivity contribution is -0.138. The van der Waals surface area contributed by atoms with Crippen molar-refractivity contribution in [3.8, 4) is 5.75 Å². The Labute approximate surface area is 149 Å². The summed E-state index contributed by atoms with van der Waals surface area (Å²) >= 11 is 0. The molecule has 26 heavy (non-hydrogen) atoms. The maximum absolute atomic E-state index is 14.2. The molecule has 8 nitrogen and oxygen atoms in total. The van der Waals surface area contributed by atoms with Gasteiger partial charge in [0.1, 0.15) is 12.3 Å². The van der Waals surface area contributed by atoms with E-state index >= 15 is 0 Å². The van der Waals surface area contributed by atoms with Crippen LogP contribution in [0.25, 0.3) is 0 Å². The van der Waals surface area contributed by atoms with E-state index in [4.69, 9.17) is 4.74 Å². The summed E-state index contributed by atoms with van der Waals surface area (Å²) in [4.78, 5) is 23.0. The quantitative estimate of drug-likeness (QED) is 0.592. The van der Waals surface area contributed by atoms with Gasteiger partial charge in [-0.1, -0.05) is 0 Å². The molecule has 0 unspecified atom stereocenters. The van der Waals surface area contributed by atoms with Crippen molar-refractivity contribution >= 4 is 17.6 Å². The van der Waals surface area contributed by atoms with Crippen LogP contribution >= 0.6 is 0 Å². The van der Waals surface area contributed by atoms with Crippen molar-refractivity contribution < 1.29 is 28.2 Å². The topological polar surface area (TPSA) is 91.7 Å². The molecule has 0 saturated carbocycles. The van der Waals surface area contributed by atoms with Crippen molar-refractivity contribution in [1.82, 2.24) is 9.78 Å². The summed E-state index contributed by atoms with van der Waals surface area (Å²) in [5, 5.41) is 6.62. The highest BCUT2D eigenvalue weighted by molar-refractivity contribution is 5.98. The molecular formula is C17H18FN3O5. The van der Waals surface area contributed by atoms with Gasteiger partial charge < -0.3 is 19.5 Å². The molecule has 1 heterocycles. The molecular weight excluding hydrogens is 345 g/mol. The highest BCUT2D eigenvalue weighted by Crippen LogP contribution is 2.23. The van der Waals surface area contributed by atoms with Crippen molar-refractivity contribution in [2.45, 2.75) is 6.61 Å². The van der Waals surface area contributed by atoms with Crippen LogP contribution in [0.5, 0.6) is 5.75 Å². The second-order valence-corrected chi connectivity index (χ2v) is 5.08. The third-order valence-electron chi connectivity index (χ3n) is 3.38. The zero-order valence-corrected chi connectivity index (χ0v) is 14.5. The van der Waals surface area contributed by atoms with E-state index in [1.165, 1.54) is 19.2 Å². The molecule has 1 N–H and O–H groups in total. The number of aryl methyl sites for hydroxylation is 1. The molecule has 0 atom stereocenters. The van der Waals surface area contributed by atoms with E-state index in [2.05, 4.69) is 19.9 Å². The van der Waals surface area contributed by atoms with Crippen molar-refractivity contribution in [1.29, 1.82) is 0 Å². The average Bonchev–Trinajstić information content (AvgIpc) is 3.04. The Morgan fingerprint density at radius 2 is 2.04 bits per heavy atom. The molecule has 0 aliphatic heterocycles. The number of hydrogen-bond acceptors (Lipinski definition) is 7. The minimum Gasteiger partial charge on any atom is -0.484 e. The van der Waals surface area contributed by atoms with E-state index in [0.29, 0.717) is 0 Å². The number of hydrogen-bond donors (Lipinski definition) is 1. The Morgan fingerprint density at radius 1 is 1.27 bits per heavy atom. The fourth-order valence-electron chi connectivity index (χ4n) is 1.98. The standard InChI is InChI=1S/C17H18FN3O5/c1-21-12(6-7-19-21)10-26-15-5-4-11(8-13(15)18)20-14(17(23)25-3)9-16(22)24-2/h4-9,20H,10H2,1-3H3/b14-9+. The number of anilines is 1. The minimum atomic E-state index is -0.799. The highest BCUT2D eigenvalue weighted by Gasteiger charge is 2.14.